The highest BCUT2D eigenvalue weighted by molar-refractivity contribution is 5.69. The summed E-state index contributed by atoms with van der Waals surface area (Å²) in [6.07, 6.45) is 22.3. The molecule has 0 bridgehead atoms. The van der Waals surface area contributed by atoms with Crippen molar-refractivity contribution in [1.82, 2.24) is 0 Å². The number of esters is 1. The molecule has 0 saturated heterocycles. The maximum atomic E-state index is 11.4. The van der Waals surface area contributed by atoms with Crippen molar-refractivity contribution in [3.8, 4) is 0 Å². The van der Waals surface area contributed by atoms with Crippen LogP contribution >= 0.6 is 0 Å². The lowest BCUT2D eigenvalue weighted by atomic mass is 10.1. The highest BCUT2D eigenvalue weighted by Gasteiger charge is 2.11. The summed E-state index contributed by atoms with van der Waals surface area (Å²) in [5.74, 6) is -0.359. The molecule has 0 aromatic carbocycles. The van der Waals surface area contributed by atoms with Gasteiger partial charge in [0, 0.05) is 6.42 Å². The average molecular weight is 353 g/mol. The molecule has 0 aromatic heterocycles. The third kappa shape index (κ3) is 17.2. The monoisotopic (exact) mass is 352 g/mol. The largest absolute Gasteiger partial charge is 0.457 e. The Morgan fingerprint density at radius 3 is 1.88 bits per heavy atom. The maximum Gasteiger partial charge on any atom is 0.306 e. The molecule has 0 radical (unpaired) electrons. The first-order chi connectivity index (χ1) is 12.2. The van der Waals surface area contributed by atoms with Crippen LogP contribution in [0.1, 0.15) is 71.1 Å². The van der Waals surface area contributed by atoms with Crippen LogP contribution in [0.5, 0.6) is 0 Å². The van der Waals surface area contributed by atoms with Crippen molar-refractivity contribution in [3.63, 3.8) is 0 Å². The Balaban J connectivity index is 3.48. The Morgan fingerprint density at radius 1 is 0.840 bits per heavy atom. The lowest BCUT2D eigenvalue weighted by molar-refractivity contribution is -0.153. The topological polar surface area (TPSA) is 66.8 Å². The van der Waals surface area contributed by atoms with E-state index in [1.165, 1.54) is 25.7 Å². The molecule has 0 saturated carbocycles. The van der Waals surface area contributed by atoms with E-state index in [1.54, 1.807) is 0 Å². The predicted octanol–water partition coefficient (Wildman–Crippen LogP) is 4.47. The fourth-order valence-corrected chi connectivity index (χ4v) is 2.20. The number of carbonyl (C=O) groups is 1. The number of rotatable bonds is 16. The van der Waals surface area contributed by atoms with Gasteiger partial charge in [0.1, 0.15) is 6.10 Å². The molecule has 0 atom stereocenters. The fourth-order valence-electron chi connectivity index (χ4n) is 2.20. The van der Waals surface area contributed by atoms with Gasteiger partial charge in [0.2, 0.25) is 0 Å². The molecule has 25 heavy (non-hydrogen) atoms. The minimum absolute atomic E-state index is 0.328. The molecular formula is C21H36O4. The maximum absolute atomic E-state index is 11.4. The van der Waals surface area contributed by atoms with Gasteiger partial charge in [-0.05, 0) is 44.9 Å². The van der Waals surface area contributed by atoms with Crippen LogP contribution in [0.15, 0.2) is 36.5 Å². The van der Waals surface area contributed by atoms with E-state index in [9.17, 15) is 4.79 Å². The van der Waals surface area contributed by atoms with E-state index < -0.39 is 6.10 Å². The molecule has 4 nitrogen and oxygen atoms in total. The molecule has 0 amide bonds. The lowest BCUT2D eigenvalue weighted by Gasteiger charge is -2.12. The van der Waals surface area contributed by atoms with E-state index in [0.29, 0.717) is 6.42 Å². The first-order valence-corrected chi connectivity index (χ1v) is 9.60. The Kier molecular flexibility index (Phi) is 17.9. The molecule has 0 aromatic rings. The standard InChI is InChI=1S/C21H36O4/c1-2-3-4-5-6-7-8-9-10-11-12-13-14-15-16-17-21(24)25-20(18-22)19-23/h6-7,9-10,12-13,20,22-23H,2-5,8,11,14-19H2,1H3/b7-6-,10-9-,13-12-. The number of carbonyl (C=O) groups excluding carboxylic acids is 1. The predicted molar refractivity (Wildman–Crippen MR) is 103 cm³/mol. The van der Waals surface area contributed by atoms with Gasteiger partial charge >= 0.3 is 5.97 Å². The molecule has 0 unspecified atom stereocenters. The molecule has 4 heteroatoms. The zero-order chi connectivity index (χ0) is 18.6. The van der Waals surface area contributed by atoms with Crippen molar-refractivity contribution in [2.45, 2.75) is 77.2 Å². The van der Waals surface area contributed by atoms with Crippen LogP contribution in [-0.2, 0) is 9.53 Å². The first-order valence-electron chi connectivity index (χ1n) is 9.60. The zero-order valence-corrected chi connectivity index (χ0v) is 15.7. The van der Waals surface area contributed by atoms with Gasteiger partial charge in [-0.1, -0.05) is 56.2 Å². The average Bonchev–Trinajstić information content (AvgIpc) is 2.62. The number of hydrogen-bond acceptors (Lipinski definition) is 4. The highest BCUT2D eigenvalue weighted by atomic mass is 16.6. The molecule has 0 aliphatic heterocycles. The van der Waals surface area contributed by atoms with Crippen LogP contribution in [0.3, 0.4) is 0 Å². The van der Waals surface area contributed by atoms with Crippen molar-refractivity contribution in [1.29, 1.82) is 0 Å². The summed E-state index contributed by atoms with van der Waals surface area (Å²) < 4.78 is 4.90. The van der Waals surface area contributed by atoms with Crippen molar-refractivity contribution >= 4 is 5.97 Å². The molecule has 0 heterocycles. The Bertz CT molecular complexity index is 381. The summed E-state index contributed by atoms with van der Waals surface area (Å²) in [6.45, 7) is 1.54. The van der Waals surface area contributed by atoms with Crippen LogP contribution in [0.25, 0.3) is 0 Å². The van der Waals surface area contributed by atoms with Gasteiger partial charge in [-0.3, -0.25) is 4.79 Å². The smallest absolute Gasteiger partial charge is 0.306 e. The van der Waals surface area contributed by atoms with Crippen molar-refractivity contribution in [2.24, 2.45) is 0 Å². The molecule has 0 fully saturated rings. The van der Waals surface area contributed by atoms with Gasteiger partial charge in [-0.25, -0.2) is 0 Å². The van der Waals surface area contributed by atoms with Crippen LogP contribution in [0.4, 0.5) is 0 Å². The third-order valence-electron chi connectivity index (χ3n) is 3.73. The van der Waals surface area contributed by atoms with Crippen molar-refractivity contribution in [3.05, 3.63) is 36.5 Å². The van der Waals surface area contributed by atoms with E-state index in [4.69, 9.17) is 14.9 Å². The zero-order valence-electron chi connectivity index (χ0n) is 15.7. The van der Waals surface area contributed by atoms with Gasteiger partial charge in [0.25, 0.3) is 0 Å². The van der Waals surface area contributed by atoms with Gasteiger partial charge in [-0.2, -0.15) is 0 Å². The van der Waals surface area contributed by atoms with Gasteiger partial charge < -0.3 is 14.9 Å². The van der Waals surface area contributed by atoms with E-state index in [-0.39, 0.29) is 19.2 Å². The minimum atomic E-state index is -0.787. The Hall–Kier alpha value is -1.39. The summed E-state index contributed by atoms with van der Waals surface area (Å²) in [5, 5.41) is 17.6. The van der Waals surface area contributed by atoms with Crippen molar-refractivity contribution in [2.75, 3.05) is 13.2 Å². The lowest BCUT2D eigenvalue weighted by Crippen LogP contribution is -2.25. The summed E-state index contributed by atoms with van der Waals surface area (Å²) in [5.41, 5.74) is 0. The summed E-state index contributed by atoms with van der Waals surface area (Å²) in [6, 6.07) is 0. The molecular weight excluding hydrogens is 316 g/mol. The second-order valence-corrected chi connectivity index (χ2v) is 6.10. The van der Waals surface area contributed by atoms with E-state index >= 15 is 0 Å². The van der Waals surface area contributed by atoms with E-state index in [0.717, 1.165) is 32.1 Å². The molecule has 0 rings (SSSR count). The summed E-state index contributed by atoms with van der Waals surface area (Å²) >= 11 is 0. The Morgan fingerprint density at radius 2 is 1.36 bits per heavy atom. The molecule has 0 aliphatic rings. The second kappa shape index (κ2) is 18.9. The van der Waals surface area contributed by atoms with Crippen LogP contribution in [0, 0.1) is 0 Å². The van der Waals surface area contributed by atoms with Crippen LogP contribution < -0.4 is 0 Å². The van der Waals surface area contributed by atoms with Crippen molar-refractivity contribution < 1.29 is 19.7 Å². The number of aliphatic hydroxyl groups excluding tert-OH is 2. The number of hydrogen-bond donors (Lipinski definition) is 2. The molecule has 2 N–H and O–H groups in total. The summed E-state index contributed by atoms with van der Waals surface area (Å²) in [4.78, 5) is 11.4. The quantitative estimate of drug-likeness (QED) is 0.244. The minimum Gasteiger partial charge on any atom is -0.457 e. The highest BCUT2D eigenvalue weighted by Crippen LogP contribution is 2.05. The Labute approximate surface area is 153 Å². The molecule has 0 spiro atoms. The van der Waals surface area contributed by atoms with Gasteiger partial charge in [0.05, 0.1) is 13.2 Å². The fraction of sp³-hybridized carbons (Fsp3) is 0.667. The van der Waals surface area contributed by atoms with Gasteiger partial charge in [-0.15, -0.1) is 0 Å². The second-order valence-electron chi connectivity index (χ2n) is 6.10. The SMILES string of the molecule is CCCCC/C=C\C/C=C\C/C=C\CCCCC(=O)OC(CO)CO. The van der Waals surface area contributed by atoms with Crippen LogP contribution in [0.2, 0.25) is 0 Å². The van der Waals surface area contributed by atoms with Gasteiger partial charge in [0.15, 0.2) is 0 Å². The molecule has 0 aliphatic carbocycles. The summed E-state index contributed by atoms with van der Waals surface area (Å²) in [7, 11) is 0. The van der Waals surface area contributed by atoms with Crippen LogP contribution in [-0.4, -0.2) is 35.5 Å². The third-order valence-corrected chi connectivity index (χ3v) is 3.73. The number of unbranched alkanes of at least 4 members (excludes halogenated alkanes) is 5. The number of ether oxygens (including phenoxy) is 1. The number of allylic oxidation sites excluding steroid dienone is 6. The van der Waals surface area contributed by atoms with E-state index in [2.05, 4.69) is 43.4 Å². The van der Waals surface area contributed by atoms with E-state index in [1.807, 2.05) is 0 Å². The number of aliphatic hydroxyl groups is 2. The normalized spacial score (nSPS) is 12.2. The first kappa shape index (κ1) is 23.6. The molecule has 144 valence electrons.